The molecule has 3 rings (SSSR count). The van der Waals surface area contributed by atoms with E-state index in [4.69, 9.17) is 23.7 Å². The maximum absolute atomic E-state index is 10.8. The number of hydrogen-bond donors (Lipinski definition) is 1. The van der Waals surface area contributed by atoms with Crippen molar-refractivity contribution >= 4 is 14.3 Å². The summed E-state index contributed by atoms with van der Waals surface area (Å²) >= 11 is 0. The second-order valence-corrected chi connectivity index (χ2v) is 15.2. The number of carboxylic acid groups (broad SMARTS) is 1. The fraction of sp³-hybridized carbons (Fsp3) is 0.880. The third kappa shape index (κ3) is 7.94. The van der Waals surface area contributed by atoms with Crippen LogP contribution in [0, 0.1) is 23.7 Å². The van der Waals surface area contributed by atoms with Gasteiger partial charge in [0.15, 0.2) is 14.6 Å². The predicted molar refractivity (Wildman–Crippen MR) is 127 cm³/mol. The summed E-state index contributed by atoms with van der Waals surface area (Å²) in [5.41, 5.74) is 0. The average molecular weight is 469 g/mol. The minimum atomic E-state index is -1.72. The standard InChI is InChI=1S/C25H44O6Si/c1-18(2)17-32(3,4)30-16-21-20-12-11-19(8-7-9-24(26)27)15-29-22(20)14-23(21)31-25-10-5-6-13-28-25/h7,9,18-23,25H,5-6,8,10-17H2,1-4H3,(H,26,27)/t19-,20+,21+,22-,23+,25?/m0/s1. The van der Waals surface area contributed by atoms with E-state index in [1.54, 1.807) is 6.08 Å². The van der Waals surface area contributed by atoms with Gasteiger partial charge < -0.3 is 23.7 Å². The second-order valence-electron chi connectivity index (χ2n) is 11.0. The maximum Gasteiger partial charge on any atom is 0.327 e. The molecule has 3 fully saturated rings. The highest BCUT2D eigenvalue weighted by Gasteiger charge is 2.47. The number of carboxylic acids is 1. The van der Waals surface area contributed by atoms with Crippen LogP contribution >= 0.6 is 0 Å². The van der Waals surface area contributed by atoms with Gasteiger partial charge >= 0.3 is 5.97 Å². The summed E-state index contributed by atoms with van der Waals surface area (Å²) in [5.74, 6) is 0.910. The normalized spacial score (nSPS) is 34.0. The van der Waals surface area contributed by atoms with E-state index in [1.165, 1.54) is 18.5 Å². The molecule has 2 heterocycles. The monoisotopic (exact) mass is 468 g/mol. The van der Waals surface area contributed by atoms with Crippen molar-refractivity contribution in [2.24, 2.45) is 23.7 Å². The molecule has 2 saturated heterocycles. The zero-order chi connectivity index (χ0) is 23.1. The van der Waals surface area contributed by atoms with E-state index >= 15 is 0 Å². The van der Waals surface area contributed by atoms with E-state index in [0.29, 0.717) is 30.3 Å². The molecule has 1 N–H and O–H groups in total. The van der Waals surface area contributed by atoms with Crippen molar-refractivity contribution in [1.29, 1.82) is 0 Å². The van der Waals surface area contributed by atoms with Crippen molar-refractivity contribution in [3.63, 3.8) is 0 Å². The first-order valence-corrected chi connectivity index (χ1v) is 15.8. The highest BCUT2D eigenvalue weighted by Crippen LogP contribution is 2.43. The summed E-state index contributed by atoms with van der Waals surface area (Å²) in [4.78, 5) is 10.8. The minimum Gasteiger partial charge on any atom is -0.478 e. The summed E-state index contributed by atoms with van der Waals surface area (Å²) < 4.78 is 25.4. The van der Waals surface area contributed by atoms with Crippen LogP contribution in [0.25, 0.3) is 0 Å². The molecule has 0 radical (unpaired) electrons. The van der Waals surface area contributed by atoms with E-state index in [0.717, 1.165) is 51.7 Å². The minimum absolute atomic E-state index is 0.0894. The number of ether oxygens (including phenoxy) is 3. The molecule has 0 bridgehead atoms. The Balaban J connectivity index is 1.63. The highest BCUT2D eigenvalue weighted by molar-refractivity contribution is 6.71. The van der Waals surface area contributed by atoms with Gasteiger partial charge in [0.2, 0.25) is 0 Å². The van der Waals surface area contributed by atoms with E-state index in [2.05, 4.69) is 26.9 Å². The van der Waals surface area contributed by atoms with Crippen molar-refractivity contribution in [3.05, 3.63) is 12.2 Å². The van der Waals surface area contributed by atoms with Gasteiger partial charge in [-0.2, -0.15) is 0 Å². The molecule has 0 aromatic heterocycles. The molecule has 1 saturated carbocycles. The molecule has 0 aromatic rings. The van der Waals surface area contributed by atoms with Crippen LogP contribution in [0.2, 0.25) is 19.1 Å². The van der Waals surface area contributed by atoms with Crippen LogP contribution in [-0.2, 0) is 23.4 Å². The van der Waals surface area contributed by atoms with Crippen LogP contribution in [-0.4, -0.2) is 57.7 Å². The van der Waals surface area contributed by atoms with Crippen LogP contribution in [0.1, 0.15) is 58.8 Å². The maximum atomic E-state index is 10.8. The molecule has 2 aliphatic heterocycles. The second kappa shape index (κ2) is 12.1. The Hall–Kier alpha value is -0.733. The smallest absolute Gasteiger partial charge is 0.327 e. The molecule has 6 nitrogen and oxygen atoms in total. The van der Waals surface area contributed by atoms with Gasteiger partial charge in [0.1, 0.15) is 0 Å². The molecule has 1 unspecified atom stereocenters. The molecule has 0 aromatic carbocycles. The Morgan fingerprint density at radius 1 is 1.19 bits per heavy atom. The fourth-order valence-corrected chi connectivity index (χ4v) is 8.53. The zero-order valence-corrected chi connectivity index (χ0v) is 21.5. The Labute approximate surface area is 195 Å². The van der Waals surface area contributed by atoms with Gasteiger partial charge in [-0.05, 0) is 75.4 Å². The summed E-state index contributed by atoms with van der Waals surface area (Å²) in [6, 6.07) is 1.17. The molecule has 3 aliphatic rings. The Morgan fingerprint density at radius 3 is 2.69 bits per heavy atom. The summed E-state index contributed by atoms with van der Waals surface area (Å²) in [6.45, 7) is 11.4. The van der Waals surface area contributed by atoms with Gasteiger partial charge in [-0.3, -0.25) is 0 Å². The topological polar surface area (TPSA) is 74.2 Å². The Bertz CT molecular complexity index is 616. The highest BCUT2D eigenvalue weighted by atomic mass is 28.4. The van der Waals surface area contributed by atoms with E-state index in [-0.39, 0.29) is 18.5 Å². The third-order valence-corrected chi connectivity index (χ3v) is 9.93. The lowest BCUT2D eigenvalue weighted by Crippen LogP contribution is -2.39. The molecule has 0 spiro atoms. The van der Waals surface area contributed by atoms with Crippen molar-refractivity contribution in [1.82, 2.24) is 0 Å². The Kier molecular flexibility index (Phi) is 9.80. The fourth-order valence-electron chi connectivity index (χ4n) is 5.80. The molecule has 32 heavy (non-hydrogen) atoms. The molecule has 0 amide bonds. The van der Waals surface area contributed by atoms with Crippen LogP contribution in [0.5, 0.6) is 0 Å². The van der Waals surface area contributed by atoms with Gasteiger partial charge in [0.05, 0.1) is 18.8 Å². The van der Waals surface area contributed by atoms with E-state index in [1.807, 2.05) is 0 Å². The number of rotatable bonds is 10. The van der Waals surface area contributed by atoms with Gasteiger partial charge in [0.25, 0.3) is 0 Å². The first-order valence-electron chi connectivity index (χ1n) is 12.7. The van der Waals surface area contributed by atoms with Crippen LogP contribution < -0.4 is 0 Å². The van der Waals surface area contributed by atoms with Gasteiger partial charge in [0, 0.05) is 31.6 Å². The Morgan fingerprint density at radius 2 is 2.00 bits per heavy atom. The summed E-state index contributed by atoms with van der Waals surface area (Å²) in [5, 5.41) is 8.85. The van der Waals surface area contributed by atoms with E-state index in [9.17, 15) is 4.79 Å². The summed E-state index contributed by atoms with van der Waals surface area (Å²) in [7, 11) is -1.72. The van der Waals surface area contributed by atoms with Gasteiger partial charge in [-0.15, -0.1) is 0 Å². The molecular weight excluding hydrogens is 424 g/mol. The van der Waals surface area contributed by atoms with Crippen molar-refractivity contribution in [2.75, 3.05) is 19.8 Å². The number of fused-ring (bicyclic) bond motifs is 1. The van der Waals surface area contributed by atoms with Crippen molar-refractivity contribution < 1.29 is 28.5 Å². The molecule has 184 valence electrons. The average Bonchev–Trinajstić information content (AvgIpc) is 2.91. The first-order chi connectivity index (χ1) is 15.2. The lowest BCUT2D eigenvalue weighted by atomic mass is 9.87. The number of carbonyl (C=O) groups is 1. The zero-order valence-electron chi connectivity index (χ0n) is 20.5. The molecule has 1 aliphatic carbocycles. The largest absolute Gasteiger partial charge is 0.478 e. The SMILES string of the molecule is CC(C)C[Si](C)(C)OC[C@@H]1[C@H]2CC[C@H](CC=CC(=O)O)CO[C@H]2C[C@H]1OC1CCCCO1. The van der Waals surface area contributed by atoms with E-state index < -0.39 is 14.3 Å². The first kappa shape index (κ1) is 25.9. The third-order valence-electron chi connectivity index (χ3n) is 7.18. The van der Waals surface area contributed by atoms with Gasteiger partial charge in [-0.25, -0.2) is 4.79 Å². The summed E-state index contributed by atoms with van der Waals surface area (Å²) in [6.07, 6.45) is 10.3. The number of aliphatic carboxylic acids is 1. The predicted octanol–water partition coefficient (Wildman–Crippen LogP) is 5.24. The number of allylic oxidation sites excluding steroid dienone is 1. The van der Waals surface area contributed by atoms with Crippen LogP contribution in [0.3, 0.4) is 0 Å². The van der Waals surface area contributed by atoms with Crippen LogP contribution in [0.4, 0.5) is 0 Å². The lowest BCUT2D eigenvalue weighted by Gasteiger charge is -2.33. The lowest BCUT2D eigenvalue weighted by molar-refractivity contribution is -0.198. The number of hydrogen-bond acceptors (Lipinski definition) is 5. The van der Waals surface area contributed by atoms with Crippen molar-refractivity contribution in [2.45, 2.75) is 96.4 Å². The molecule has 7 heteroatoms. The van der Waals surface area contributed by atoms with Crippen molar-refractivity contribution in [3.8, 4) is 0 Å². The van der Waals surface area contributed by atoms with Crippen LogP contribution in [0.15, 0.2) is 12.2 Å². The molecular formula is C25H44O6Si. The quantitative estimate of drug-likeness (QED) is 0.349. The van der Waals surface area contributed by atoms with Gasteiger partial charge in [-0.1, -0.05) is 19.9 Å². The molecule has 6 atom stereocenters.